The van der Waals surface area contributed by atoms with Gasteiger partial charge in [0, 0.05) is 4.91 Å². The maximum Gasteiger partial charge on any atom is 0.177 e. The topological polar surface area (TPSA) is 67.2 Å². The highest BCUT2D eigenvalue weighted by molar-refractivity contribution is 5.13. The number of hydrogen-bond acceptors (Lipinski definition) is 3. The van der Waals surface area contributed by atoms with E-state index in [1.807, 2.05) is 30.3 Å². The van der Waals surface area contributed by atoms with Gasteiger partial charge in [-0.15, -0.1) is 0 Å². The smallest absolute Gasteiger partial charge is 0.177 e. The molecule has 1 heterocycles. The molecule has 0 saturated heterocycles. The lowest BCUT2D eigenvalue weighted by atomic mass is 10.2. The minimum atomic E-state index is -0.361. The van der Waals surface area contributed by atoms with Crippen molar-refractivity contribution in [1.82, 2.24) is 0 Å². The lowest BCUT2D eigenvalue weighted by Crippen LogP contribution is -2.25. The third-order valence-corrected chi connectivity index (χ3v) is 2.38. The summed E-state index contributed by atoms with van der Waals surface area (Å²) in [5.41, 5.74) is 9.37. The molecule has 0 bridgehead atoms. The van der Waals surface area contributed by atoms with Crippen LogP contribution in [0.15, 0.2) is 47.6 Å². The fourth-order valence-electron chi connectivity index (χ4n) is 1.52. The molecule has 1 aromatic rings. The van der Waals surface area contributed by atoms with Crippen molar-refractivity contribution in [2.75, 3.05) is 6.61 Å². The normalized spacial score (nSPS) is 23.1. The molecule has 0 aromatic heterocycles. The van der Waals surface area contributed by atoms with Gasteiger partial charge in [0.2, 0.25) is 0 Å². The van der Waals surface area contributed by atoms with Crippen LogP contribution < -0.4 is 0 Å². The number of azide groups is 1. The summed E-state index contributed by atoms with van der Waals surface area (Å²) in [5, 5.41) is 3.55. The van der Waals surface area contributed by atoms with Crippen molar-refractivity contribution in [3.05, 3.63) is 58.5 Å². The van der Waals surface area contributed by atoms with Crippen LogP contribution in [0.2, 0.25) is 0 Å². The molecule has 2 rings (SSSR count). The third-order valence-electron chi connectivity index (χ3n) is 2.38. The molecule has 0 aliphatic carbocycles. The van der Waals surface area contributed by atoms with Gasteiger partial charge in [0.1, 0.15) is 0 Å². The monoisotopic (exact) mass is 231 g/mol. The van der Waals surface area contributed by atoms with Gasteiger partial charge in [0.25, 0.3) is 0 Å². The standard InChI is InChI=1S/C12H13N3O2/c13-15-14-11-6-7-12(17-9-11)16-8-10-4-2-1-3-5-10/h1-7,11-12H,8-9H2/t11-,12-/m1/s1. The van der Waals surface area contributed by atoms with Crippen LogP contribution in [0.25, 0.3) is 10.4 Å². The molecule has 0 N–H and O–H groups in total. The number of rotatable bonds is 4. The van der Waals surface area contributed by atoms with E-state index in [2.05, 4.69) is 10.0 Å². The Kier molecular flexibility index (Phi) is 4.16. The summed E-state index contributed by atoms with van der Waals surface area (Å²) in [6.45, 7) is 0.863. The lowest BCUT2D eigenvalue weighted by Gasteiger charge is -2.21. The third kappa shape index (κ3) is 3.60. The van der Waals surface area contributed by atoms with E-state index in [4.69, 9.17) is 15.0 Å². The first-order valence-corrected chi connectivity index (χ1v) is 5.38. The second kappa shape index (κ2) is 6.06. The highest BCUT2D eigenvalue weighted by Gasteiger charge is 2.14. The Morgan fingerprint density at radius 2 is 2.18 bits per heavy atom. The molecule has 0 saturated carbocycles. The van der Waals surface area contributed by atoms with Crippen LogP contribution in [-0.4, -0.2) is 18.9 Å². The van der Waals surface area contributed by atoms with Crippen molar-refractivity contribution in [1.29, 1.82) is 0 Å². The highest BCUT2D eigenvalue weighted by Crippen LogP contribution is 2.11. The van der Waals surface area contributed by atoms with E-state index in [1.54, 1.807) is 12.2 Å². The summed E-state index contributed by atoms with van der Waals surface area (Å²) >= 11 is 0. The van der Waals surface area contributed by atoms with E-state index in [9.17, 15) is 0 Å². The summed E-state index contributed by atoms with van der Waals surface area (Å²) < 4.78 is 10.9. The zero-order valence-corrected chi connectivity index (χ0v) is 9.27. The molecule has 17 heavy (non-hydrogen) atoms. The molecule has 2 atom stereocenters. The van der Waals surface area contributed by atoms with Gasteiger partial charge in [-0.25, -0.2) is 0 Å². The predicted molar refractivity (Wildman–Crippen MR) is 63.0 cm³/mol. The van der Waals surface area contributed by atoms with Crippen molar-refractivity contribution in [3.63, 3.8) is 0 Å². The van der Waals surface area contributed by atoms with E-state index in [-0.39, 0.29) is 12.3 Å². The van der Waals surface area contributed by atoms with Gasteiger partial charge in [-0.1, -0.05) is 41.5 Å². The van der Waals surface area contributed by atoms with Crippen LogP contribution in [0.4, 0.5) is 0 Å². The van der Waals surface area contributed by atoms with Gasteiger partial charge in [0.15, 0.2) is 6.29 Å². The maximum atomic E-state index is 8.27. The summed E-state index contributed by atoms with van der Waals surface area (Å²) in [6, 6.07) is 9.66. The zero-order chi connectivity index (χ0) is 11.9. The molecule has 1 aliphatic rings. The van der Waals surface area contributed by atoms with Gasteiger partial charge < -0.3 is 9.47 Å². The van der Waals surface area contributed by atoms with Gasteiger partial charge in [-0.3, -0.25) is 0 Å². The fraction of sp³-hybridized carbons (Fsp3) is 0.333. The van der Waals surface area contributed by atoms with Gasteiger partial charge >= 0.3 is 0 Å². The summed E-state index contributed by atoms with van der Waals surface area (Å²) in [6.07, 6.45) is 3.21. The second-order valence-electron chi connectivity index (χ2n) is 3.66. The van der Waals surface area contributed by atoms with Crippen molar-refractivity contribution < 1.29 is 9.47 Å². The summed E-state index contributed by atoms with van der Waals surface area (Å²) in [7, 11) is 0. The minimum Gasteiger partial charge on any atom is -0.348 e. The van der Waals surface area contributed by atoms with E-state index in [1.165, 1.54) is 0 Å². The molecule has 0 amide bonds. The van der Waals surface area contributed by atoms with Crippen molar-refractivity contribution >= 4 is 0 Å². The van der Waals surface area contributed by atoms with E-state index >= 15 is 0 Å². The SMILES string of the molecule is [N-]=[N+]=N[C@@H]1C=C[C@H](OCc2ccccc2)OC1. The molecule has 0 spiro atoms. The Hall–Kier alpha value is -1.81. The molecule has 88 valence electrons. The Morgan fingerprint density at radius 3 is 2.82 bits per heavy atom. The fourth-order valence-corrected chi connectivity index (χ4v) is 1.52. The molecule has 1 aliphatic heterocycles. The van der Waals surface area contributed by atoms with Gasteiger partial charge in [-0.05, 0) is 17.2 Å². The van der Waals surface area contributed by atoms with Crippen molar-refractivity contribution in [2.24, 2.45) is 5.11 Å². The lowest BCUT2D eigenvalue weighted by molar-refractivity contribution is -0.125. The first kappa shape index (κ1) is 11.7. The van der Waals surface area contributed by atoms with Gasteiger partial charge in [-0.2, -0.15) is 0 Å². The molecule has 0 unspecified atom stereocenters. The highest BCUT2D eigenvalue weighted by atomic mass is 16.7. The van der Waals surface area contributed by atoms with E-state index < -0.39 is 0 Å². The van der Waals surface area contributed by atoms with E-state index in [0.29, 0.717) is 13.2 Å². The average Bonchev–Trinajstić information content (AvgIpc) is 2.40. The van der Waals surface area contributed by atoms with Crippen LogP contribution >= 0.6 is 0 Å². The van der Waals surface area contributed by atoms with Gasteiger partial charge in [0.05, 0.1) is 19.3 Å². The summed E-state index contributed by atoms with van der Waals surface area (Å²) in [5.74, 6) is 0. The van der Waals surface area contributed by atoms with Crippen LogP contribution in [0.1, 0.15) is 5.56 Å². The van der Waals surface area contributed by atoms with Crippen LogP contribution in [0, 0.1) is 0 Å². The zero-order valence-electron chi connectivity index (χ0n) is 9.27. The molecule has 0 fully saturated rings. The van der Waals surface area contributed by atoms with Crippen molar-refractivity contribution in [2.45, 2.75) is 18.9 Å². The molecule has 5 nitrogen and oxygen atoms in total. The first-order valence-electron chi connectivity index (χ1n) is 5.38. The Balaban J connectivity index is 1.82. The largest absolute Gasteiger partial charge is 0.348 e. The van der Waals surface area contributed by atoms with Crippen LogP contribution in [0.3, 0.4) is 0 Å². The quantitative estimate of drug-likeness (QED) is 0.346. The van der Waals surface area contributed by atoms with Crippen LogP contribution in [-0.2, 0) is 16.1 Å². The van der Waals surface area contributed by atoms with E-state index in [0.717, 1.165) is 5.56 Å². The number of hydrogen-bond donors (Lipinski definition) is 0. The average molecular weight is 231 g/mol. The molecule has 1 aromatic carbocycles. The first-order chi connectivity index (χ1) is 8.38. The number of nitrogens with zero attached hydrogens (tertiary/aromatic N) is 3. The molecular formula is C12H13N3O2. The molecule has 5 heteroatoms. The number of ether oxygens (including phenoxy) is 2. The maximum absolute atomic E-state index is 8.27. The van der Waals surface area contributed by atoms with Crippen LogP contribution in [0.5, 0.6) is 0 Å². The molecular weight excluding hydrogens is 218 g/mol. The Morgan fingerprint density at radius 1 is 1.35 bits per heavy atom. The molecule has 0 radical (unpaired) electrons. The second-order valence-corrected chi connectivity index (χ2v) is 3.66. The predicted octanol–water partition coefficient (Wildman–Crippen LogP) is 2.79. The Bertz CT molecular complexity index is 427. The summed E-state index contributed by atoms with van der Waals surface area (Å²) in [4.78, 5) is 2.73. The van der Waals surface area contributed by atoms with Crippen molar-refractivity contribution in [3.8, 4) is 0 Å². The minimum absolute atomic E-state index is 0.225. The Labute approximate surface area is 99.3 Å². The number of benzene rings is 1.